The molecule has 0 spiro atoms. The van der Waals surface area contributed by atoms with Gasteiger partial charge in [0.1, 0.15) is 0 Å². The molecule has 5 heteroatoms. The van der Waals surface area contributed by atoms with Crippen molar-refractivity contribution in [2.45, 2.75) is 26.4 Å². The van der Waals surface area contributed by atoms with Gasteiger partial charge in [0.05, 0.1) is 17.8 Å². The summed E-state index contributed by atoms with van der Waals surface area (Å²) in [6, 6.07) is 0. The second kappa shape index (κ2) is 5.41. The molecular formula is C15H20N4O. The van der Waals surface area contributed by atoms with Crippen LogP contribution in [0, 0.1) is 12.3 Å². The van der Waals surface area contributed by atoms with Gasteiger partial charge in [0, 0.05) is 32.9 Å². The van der Waals surface area contributed by atoms with Crippen LogP contribution in [0.5, 0.6) is 0 Å². The van der Waals surface area contributed by atoms with Crippen LogP contribution in [0.1, 0.15) is 35.1 Å². The van der Waals surface area contributed by atoms with Crippen molar-refractivity contribution in [2.24, 2.45) is 0 Å². The smallest absolute Gasteiger partial charge is 0.275 e. The normalized spacial score (nSPS) is 14.2. The lowest BCUT2D eigenvalue weighted by atomic mass is 10.1. The predicted molar refractivity (Wildman–Crippen MR) is 78.0 cm³/mol. The zero-order valence-corrected chi connectivity index (χ0v) is 12.3. The summed E-state index contributed by atoms with van der Waals surface area (Å²) in [6.45, 7) is 8.33. The van der Waals surface area contributed by atoms with E-state index in [9.17, 15) is 4.79 Å². The first-order valence-corrected chi connectivity index (χ1v) is 6.64. The lowest BCUT2D eigenvalue weighted by Crippen LogP contribution is -2.24. The Morgan fingerprint density at radius 2 is 2.15 bits per heavy atom. The van der Waals surface area contributed by atoms with Crippen LogP contribution < -0.4 is 0 Å². The summed E-state index contributed by atoms with van der Waals surface area (Å²) < 4.78 is 1.87. The zero-order chi connectivity index (χ0) is 14.9. The second-order valence-corrected chi connectivity index (χ2v) is 5.25. The highest BCUT2D eigenvalue weighted by Gasteiger charge is 2.25. The maximum Gasteiger partial charge on any atom is 0.275 e. The molecule has 0 atom stereocenters. The number of terminal acetylenes is 1. The topological polar surface area (TPSA) is 41.4 Å². The Morgan fingerprint density at radius 1 is 1.45 bits per heavy atom. The van der Waals surface area contributed by atoms with Gasteiger partial charge in [0.15, 0.2) is 5.69 Å². The number of fused-ring (bicyclic) bond motifs is 1. The first-order chi connectivity index (χ1) is 9.45. The molecule has 0 bridgehead atoms. The van der Waals surface area contributed by atoms with Gasteiger partial charge < -0.3 is 9.80 Å². The fraction of sp³-hybridized carbons (Fsp3) is 0.467. The molecule has 0 saturated carbocycles. The third kappa shape index (κ3) is 2.42. The third-order valence-corrected chi connectivity index (χ3v) is 3.49. The molecule has 2 heterocycles. The molecule has 1 aromatic heterocycles. The Labute approximate surface area is 119 Å². The largest absolute Gasteiger partial charge is 0.370 e. The predicted octanol–water partition coefficient (Wildman–Crippen LogP) is 1.31. The van der Waals surface area contributed by atoms with E-state index in [2.05, 4.69) is 22.5 Å². The highest BCUT2D eigenvalue weighted by Crippen LogP contribution is 2.22. The zero-order valence-electron chi connectivity index (χ0n) is 12.3. The van der Waals surface area contributed by atoms with Crippen LogP contribution >= 0.6 is 0 Å². The van der Waals surface area contributed by atoms with E-state index < -0.39 is 0 Å². The minimum atomic E-state index is -0.152. The van der Waals surface area contributed by atoms with Gasteiger partial charge in [-0.2, -0.15) is 5.10 Å². The average molecular weight is 272 g/mol. The van der Waals surface area contributed by atoms with Gasteiger partial charge in [-0.15, -0.1) is 6.42 Å². The number of aryl methyl sites for hydroxylation is 1. The molecule has 5 nitrogen and oxygen atoms in total. The van der Waals surface area contributed by atoms with Gasteiger partial charge in [-0.1, -0.05) is 12.5 Å². The Morgan fingerprint density at radius 3 is 2.70 bits per heavy atom. The number of nitrogens with zero attached hydrogens (tertiary/aromatic N) is 4. The van der Waals surface area contributed by atoms with Gasteiger partial charge in [0.2, 0.25) is 0 Å². The van der Waals surface area contributed by atoms with Crippen molar-refractivity contribution < 1.29 is 4.79 Å². The molecule has 1 aliphatic heterocycles. The van der Waals surface area contributed by atoms with E-state index >= 15 is 0 Å². The van der Waals surface area contributed by atoms with E-state index in [4.69, 9.17) is 6.42 Å². The average Bonchev–Trinajstić information content (AvgIpc) is 2.60. The summed E-state index contributed by atoms with van der Waals surface area (Å²) in [5.41, 5.74) is 2.91. The monoisotopic (exact) mass is 272 g/mol. The summed E-state index contributed by atoms with van der Waals surface area (Å²) in [5, 5.41) is 4.42. The highest BCUT2D eigenvalue weighted by molar-refractivity contribution is 5.94. The number of hydrogen-bond acceptors (Lipinski definition) is 3. The molecule has 2 rings (SSSR count). The number of allylic oxidation sites excluding steroid dienone is 1. The molecule has 1 amide bonds. The van der Waals surface area contributed by atoms with E-state index in [0.717, 1.165) is 30.9 Å². The summed E-state index contributed by atoms with van der Waals surface area (Å²) in [6.07, 6.45) is 6.57. The third-order valence-electron chi connectivity index (χ3n) is 3.49. The van der Waals surface area contributed by atoms with Crippen LogP contribution in [-0.4, -0.2) is 46.1 Å². The van der Waals surface area contributed by atoms with Gasteiger partial charge in [-0.25, -0.2) is 0 Å². The Balaban J connectivity index is 2.48. The fourth-order valence-corrected chi connectivity index (χ4v) is 2.35. The van der Waals surface area contributed by atoms with Crippen molar-refractivity contribution in [3.8, 4) is 12.3 Å². The van der Waals surface area contributed by atoms with Gasteiger partial charge >= 0.3 is 0 Å². The molecular weight excluding hydrogens is 252 g/mol. The summed E-state index contributed by atoms with van der Waals surface area (Å²) in [4.78, 5) is 15.8. The van der Waals surface area contributed by atoms with Gasteiger partial charge in [-0.05, 0) is 13.3 Å². The van der Waals surface area contributed by atoms with E-state index in [1.165, 1.54) is 4.90 Å². The first-order valence-electron chi connectivity index (χ1n) is 6.64. The van der Waals surface area contributed by atoms with Crippen molar-refractivity contribution in [3.05, 3.63) is 29.2 Å². The second-order valence-electron chi connectivity index (χ2n) is 5.25. The van der Waals surface area contributed by atoms with E-state index in [-0.39, 0.29) is 5.91 Å². The Kier molecular flexibility index (Phi) is 3.84. The van der Waals surface area contributed by atoms with E-state index in [1.54, 1.807) is 14.1 Å². The van der Waals surface area contributed by atoms with Crippen molar-refractivity contribution in [1.82, 2.24) is 19.6 Å². The summed E-state index contributed by atoms with van der Waals surface area (Å²) in [7, 11) is 3.40. The van der Waals surface area contributed by atoms with Crippen LogP contribution in [0.3, 0.4) is 0 Å². The lowest BCUT2D eigenvalue weighted by molar-refractivity contribution is 0.0820. The molecule has 0 radical (unpaired) electrons. The highest BCUT2D eigenvalue weighted by atomic mass is 16.2. The van der Waals surface area contributed by atoms with E-state index in [0.29, 0.717) is 17.8 Å². The molecule has 1 aromatic rings. The molecule has 20 heavy (non-hydrogen) atoms. The van der Waals surface area contributed by atoms with Crippen LogP contribution in [0.2, 0.25) is 0 Å². The van der Waals surface area contributed by atoms with Gasteiger partial charge in [-0.3, -0.25) is 9.48 Å². The van der Waals surface area contributed by atoms with Crippen molar-refractivity contribution in [1.29, 1.82) is 0 Å². The maximum atomic E-state index is 12.2. The first kappa shape index (κ1) is 14.2. The number of hydrogen-bond donors (Lipinski definition) is 0. The summed E-state index contributed by atoms with van der Waals surface area (Å²) in [5.74, 6) is 2.49. The fourth-order valence-electron chi connectivity index (χ4n) is 2.35. The molecule has 0 fully saturated rings. The molecule has 0 saturated heterocycles. The quantitative estimate of drug-likeness (QED) is 0.762. The number of carbonyl (C=O) groups is 1. The Hall–Kier alpha value is -2.22. The maximum absolute atomic E-state index is 12.2. The molecule has 1 aliphatic rings. The molecule has 0 aromatic carbocycles. The molecule has 0 aliphatic carbocycles. The van der Waals surface area contributed by atoms with Crippen LogP contribution in [0.4, 0.5) is 0 Å². The number of carbonyl (C=O) groups excluding carboxylic acids is 1. The SMILES string of the molecule is C#Cc1c(C(=O)N(C)C)nn2c1CN(C(=C)C)CCC2. The standard InChI is InChI=1S/C15H20N4O/c1-6-12-13-10-18(11(2)3)8-7-9-19(13)16-14(12)15(20)17(4)5/h1H,2,7-10H2,3-5H3. The summed E-state index contributed by atoms with van der Waals surface area (Å²) >= 11 is 0. The van der Waals surface area contributed by atoms with Gasteiger partial charge in [0.25, 0.3) is 5.91 Å². The minimum absolute atomic E-state index is 0.152. The minimum Gasteiger partial charge on any atom is -0.370 e. The Bertz CT molecular complexity index is 592. The van der Waals surface area contributed by atoms with Crippen molar-refractivity contribution >= 4 is 5.91 Å². The lowest BCUT2D eigenvalue weighted by Gasteiger charge is -2.22. The van der Waals surface area contributed by atoms with Crippen LogP contribution in [0.15, 0.2) is 12.3 Å². The number of rotatable bonds is 2. The molecule has 0 unspecified atom stereocenters. The van der Waals surface area contributed by atoms with Crippen LogP contribution in [0.25, 0.3) is 0 Å². The van der Waals surface area contributed by atoms with Crippen molar-refractivity contribution in [3.63, 3.8) is 0 Å². The number of aromatic nitrogens is 2. The number of amides is 1. The van der Waals surface area contributed by atoms with Crippen molar-refractivity contribution in [2.75, 3.05) is 20.6 Å². The van der Waals surface area contributed by atoms with Crippen LogP contribution in [-0.2, 0) is 13.1 Å². The molecule has 0 N–H and O–H groups in total. The molecule has 106 valence electrons. The van der Waals surface area contributed by atoms with E-state index in [1.807, 2.05) is 11.6 Å².